The predicted molar refractivity (Wildman–Crippen MR) is 67.9 cm³/mol. The molecule has 0 fully saturated rings. The van der Waals surface area contributed by atoms with Gasteiger partial charge in [0.1, 0.15) is 0 Å². The van der Waals surface area contributed by atoms with Crippen LogP contribution in [0.3, 0.4) is 0 Å². The molecule has 106 valence electrons. The van der Waals surface area contributed by atoms with Crippen molar-refractivity contribution in [2.75, 3.05) is 13.6 Å². The van der Waals surface area contributed by atoms with Crippen LogP contribution in [-0.2, 0) is 0 Å². The average Bonchev–Trinajstić information content (AvgIpc) is 2.36. The second-order valence-corrected chi connectivity index (χ2v) is 5.74. The van der Waals surface area contributed by atoms with Gasteiger partial charge in [0.2, 0.25) is 5.82 Å². The minimum atomic E-state index is -1.70. The fourth-order valence-corrected chi connectivity index (χ4v) is 1.63. The molecule has 0 heterocycles. The van der Waals surface area contributed by atoms with Gasteiger partial charge in [0.05, 0.1) is 5.56 Å². The van der Waals surface area contributed by atoms with Crippen molar-refractivity contribution in [1.29, 1.82) is 0 Å². The van der Waals surface area contributed by atoms with Gasteiger partial charge in [-0.3, -0.25) is 4.79 Å². The molecule has 0 aliphatic heterocycles. The summed E-state index contributed by atoms with van der Waals surface area (Å²) in [6.45, 7) is 2.19. The Morgan fingerprint density at radius 2 is 2.00 bits per heavy atom. The lowest BCUT2D eigenvalue weighted by Gasteiger charge is -2.18. The van der Waals surface area contributed by atoms with E-state index in [1.54, 1.807) is 0 Å². The number of benzene rings is 1. The van der Waals surface area contributed by atoms with Gasteiger partial charge < -0.3 is 10.0 Å². The van der Waals surface area contributed by atoms with Crippen molar-refractivity contribution in [3.63, 3.8) is 0 Å². The van der Waals surface area contributed by atoms with E-state index in [1.807, 2.05) is 6.92 Å². The van der Waals surface area contributed by atoms with Gasteiger partial charge in [-0.25, -0.2) is 8.78 Å². The average molecular weight is 340 g/mol. The van der Waals surface area contributed by atoms with Gasteiger partial charge in [0.15, 0.2) is 17.4 Å². The summed E-state index contributed by atoms with van der Waals surface area (Å²) in [5.41, 5.74) is -0.693. The molecule has 7 heteroatoms. The number of carbonyl (C=O) groups excluding carboxylic acids is 1. The molecular formula is C12H13BrF3NO2. The van der Waals surface area contributed by atoms with E-state index in [2.05, 4.69) is 15.9 Å². The molecule has 0 aliphatic carbocycles. The highest BCUT2D eigenvalue weighted by molar-refractivity contribution is 9.09. The fraction of sp³-hybridized carbons (Fsp3) is 0.417. The molecule has 1 aromatic rings. The summed E-state index contributed by atoms with van der Waals surface area (Å²) in [6, 6.07) is 0.445. The first kappa shape index (κ1) is 15.8. The Morgan fingerprint density at radius 1 is 1.42 bits per heavy atom. The van der Waals surface area contributed by atoms with Gasteiger partial charge in [0.25, 0.3) is 5.91 Å². The number of phenols is 1. The second-order valence-electron chi connectivity index (χ2n) is 4.18. The predicted octanol–water partition coefficient (Wildman–Crippen LogP) is 3.06. The number of hydrogen-bond acceptors (Lipinski definition) is 2. The molecule has 0 saturated heterocycles. The first-order chi connectivity index (χ1) is 8.75. The molecule has 19 heavy (non-hydrogen) atoms. The zero-order valence-electron chi connectivity index (χ0n) is 10.4. The Morgan fingerprint density at radius 3 is 2.53 bits per heavy atom. The SMILES string of the molecule is CC(Br)CCN(C)C(=O)c1cc(F)c(F)c(O)c1F. The summed E-state index contributed by atoms with van der Waals surface area (Å²) < 4.78 is 39.5. The number of nitrogens with zero attached hydrogens (tertiary/aromatic N) is 1. The van der Waals surface area contributed by atoms with E-state index in [0.29, 0.717) is 19.0 Å². The molecule has 0 bridgehead atoms. The minimum Gasteiger partial charge on any atom is -0.503 e. The highest BCUT2D eigenvalue weighted by Crippen LogP contribution is 2.26. The van der Waals surface area contributed by atoms with E-state index < -0.39 is 34.7 Å². The zero-order valence-corrected chi connectivity index (χ0v) is 12.0. The van der Waals surface area contributed by atoms with Crippen molar-refractivity contribution < 1.29 is 23.1 Å². The van der Waals surface area contributed by atoms with Gasteiger partial charge in [-0.05, 0) is 12.5 Å². The highest BCUT2D eigenvalue weighted by Gasteiger charge is 2.24. The van der Waals surface area contributed by atoms with Crippen LogP contribution in [0.5, 0.6) is 5.75 Å². The van der Waals surface area contributed by atoms with Crippen LogP contribution in [0.1, 0.15) is 23.7 Å². The van der Waals surface area contributed by atoms with Crippen LogP contribution in [0, 0.1) is 17.5 Å². The fourth-order valence-electron chi connectivity index (χ4n) is 1.42. The third-order valence-corrected chi connectivity index (χ3v) is 3.03. The molecule has 1 rings (SSSR count). The van der Waals surface area contributed by atoms with Gasteiger partial charge in [-0.15, -0.1) is 0 Å². The van der Waals surface area contributed by atoms with E-state index in [4.69, 9.17) is 5.11 Å². The van der Waals surface area contributed by atoms with Crippen LogP contribution < -0.4 is 0 Å². The maximum Gasteiger partial charge on any atom is 0.256 e. The number of hydrogen-bond donors (Lipinski definition) is 1. The molecule has 1 atom stereocenters. The molecule has 0 saturated carbocycles. The van der Waals surface area contributed by atoms with Gasteiger partial charge in [-0.1, -0.05) is 22.9 Å². The van der Waals surface area contributed by atoms with E-state index in [0.717, 1.165) is 0 Å². The van der Waals surface area contributed by atoms with Crippen molar-refractivity contribution in [2.45, 2.75) is 18.2 Å². The molecule has 1 amide bonds. The minimum absolute atomic E-state index is 0.158. The number of aromatic hydroxyl groups is 1. The highest BCUT2D eigenvalue weighted by atomic mass is 79.9. The van der Waals surface area contributed by atoms with Crippen molar-refractivity contribution >= 4 is 21.8 Å². The molecule has 0 radical (unpaired) electrons. The first-order valence-electron chi connectivity index (χ1n) is 5.51. The van der Waals surface area contributed by atoms with Crippen molar-refractivity contribution in [2.24, 2.45) is 0 Å². The molecule has 0 spiro atoms. The van der Waals surface area contributed by atoms with Crippen LogP contribution in [0.2, 0.25) is 0 Å². The van der Waals surface area contributed by atoms with Crippen LogP contribution in [0.25, 0.3) is 0 Å². The van der Waals surface area contributed by atoms with Gasteiger partial charge in [0, 0.05) is 18.4 Å². The molecule has 3 nitrogen and oxygen atoms in total. The van der Waals surface area contributed by atoms with E-state index in [1.165, 1.54) is 11.9 Å². The topological polar surface area (TPSA) is 40.5 Å². The Balaban J connectivity index is 3.00. The molecule has 1 unspecified atom stereocenters. The lowest BCUT2D eigenvalue weighted by atomic mass is 10.1. The first-order valence-corrected chi connectivity index (χ1v) is 6.43. The largest absolute Gasteiger partial charge is 0.503 e. The van der Waals surface area contributed by atoms with Crippen LogP contribution in [-0.4, -0.2) is 34.3 Å². The second kappa shape index (κ2) is 6.27. The third-order valence-electron chi connectivity index (χ3n) is 2.57. The lowest BCUT2D eigenvalue weighted by Crippen LogP contribution is -2.29. The lowest BCUT2D eigenvalue weighted by molar-refractivity contribution is 0.0787. The summed E-state index contributed by atoms with van der Waals surface area (Å²) >= 11 is 3.29. The Labute approximate surface area is 117 Å². The number of amides is 1. The summed E-state index contributed by atoms with van der Waals surface area (Å²) in [7, 11) is 1.41. The number of alkyl halides is 1. The number of carbonyl (C=O) groups is 1. The van der Waals surface area contributed by atoms with Crippen molar-refractivity contribution in [1.82, 2.24) is 4.90 Å². The summed E-state index contributed by atoms with van der Waals surface area (Å²) in [6.07, 6.45) is 0.611. The monoisotopic (exact) mass is 339 g/mol. The number of halogens is 4. The van der Waals surface area contributed by atoms with Gasteiger partial charge in [-0.2, -0.15) is 4.39 Å². The zero-order chi connectivity index (χ0) is 14.7. The molecule has 1 aromatic carbocycles. The quantitative estimate of drug-likeness (QED) is 0.676. The summed E-state index contributed by atoms with van der Waals surface area (Å²) in [5, 5.41) is 9.05. The van der Waals surface area contributed by atoms with Crippen molar-refractivity contribution in [3.05, 3.63) is 29.1 Å². The van der Waals surface area contributed by atoms with E-state index in [-0.39, 0.29) is 4.83 Å². The van der Waals surface area contributed by atoms with Gasteiger partial charge >= 0.3 is 0 Å². The Bertz CT molecular complexity index is 494. The summed E-state index contributed by atoms with van der Waals surface area (Å²) in [4.78, 5) is 13.2. The molecule has 1 N–H and O–H groups in total. The number of phenolic OH excluding ortho intramolecular Hbond substituents is 1. The normalized spacial score (nSPS) is 12.3. The number of rotatable bonds is 4. The van der Waals surface area contributed by atoms with Crippen LogP contribution in [0.4, 0.5) is 13.2 Å². The maximum atomic E-state index is 13.5. The molecule has 0 aliphatic rings. The van der Waals surface area contributed by atoms with Crippen LogP contribution >= 0.6 is 15.9 Å². The van der Waals surface area contributed by atoms with Crippen LogP contribution in [0.15, 0.2) is 6.07 Å². The van der Waals surface area contributed by atoms with E-state index in [9.17, 15) is 18.0 Å². The standard InChI is InChI=1S/C12H13BrF3NO2/c1-6(13)3-4-17(2)12(19)7-5-8(14)10(16)11(18)9(7)15/h5-6,18H,3-4H2,1-2H3. The molecular weight excluding hydrogens is 327 g/mol. The third kappa shape index (κ3) is 3.62. The Kier molecular flexibility index (Phi) is 5.22. The maximum absolute atomic E-state index is 13.5. The smallest absolute Gasteiger partial charge is 0.256 e. The van der Waals surface area contributed by atoms with Crippen molar-refractivity contribution in [3.8, 4) is 5.75 Å². The van der Waals surface area contributed by atoms with E-state index >= 15 is 0 Å². The summed E-state index contributed by atoms with van der Waals surface area (Å²) in [5.74, 6) is -6.93. The molecule has 0 aromatic heterocycles. The Hall–Kier alpha value is -1.24.